The molecule has 0 radical (unpaired) electrons. The highest BCUT2D eigenvalue weighted by Crippen LogP contribution is 2.26. The number of hydrogen-bond acceptors (Lipinski definition) is 5. The van der Waals surface area contributed by atoms with E-state index in [9.17, 15) is 14.0 Å². The maximum atomic E-state index is 13.9. The van der Waals surface area contributed by atoms with E-state index in [0.717, 1.165) is 0 Å². The first kappa shape index (κ1) is 13.9. The van der Waals surface area contributed by atoms with Gasteiger partial charge in [0.25, 0.3) is 5.91 Å². The normalized spacial score (nSPS) is 24.9. The van der Waals surface area contributed by atoms with Gasteiger partial charge in [-0.25, -0.2) is 9.37 Å². The Morgan fingerprint density at radius 3 is 2.67 bits per heavy atom. The smallest absolute Gasteiger partial charge is 0.276 e. The SMILES string of the molecule is COc1ccc(F)c(C(=O)N2C3CNCC2CC(=O)C3)n1. The summed E-state index contributed by atoms with van der Waals surface area (Å²) in [5.74, 6) is -0.815. The molecule has 2 atom stereocenters. The number of carbonyl (C=O) groups excluding carboxylic acids is 2. The van der Waals surface area contributed by atoms with Crippen LogP contribution in [0.1, 0.15) is 23.3 Å². The Bertz CT molecular complexity index is 577. The molecule has 2 aliphatic rings. The standard InChI is InChI=1S/C14H16FN3O3/c1-21-12-3-2-11(15)13(17-12)14(20)18-8-4-10(19)5-9(18)7-16-6-8/h2-3,8-9,16H,4-7H2,1H3. The monoisotopic (exact) mass is 293 g/mol. The highest BCUT2D eigenvalue weighted by molar-refractivity contribution is 5.95. The molecular weight excluding hydrogens is 277 g/mol. The van der Waals surface area contributed by atoms with E-state index in [0.29, 0.717) is 25.9 Å². The van der Waals surface area contributed by atoms with Crippen LogP contribution in [0.2, 0.25) is 0 Å². The summed E-state index contributed by atoms with van der Waals surface area (Å²) in [7, 11) is 1.41. The Kier molecular flexibility index (Phi) is 3.59. The number of methoxy groups -OCH3 is 1. The third-order valence-corrected chi connectivity index (χ3v) is 3.94. The van der Waals surface area contributed by atoms with Gasteiger partial charge in [0.1, 0.15) is 5.78 Å². The Morgan fingerprint density at radius 2 is 2.05 bits per heavy atom. The van der Waals surface area contributed by atoms with Gasteiger partial charge in [-0.15, -0.1) is 0 Å². The van der Waals surface area contributed by atoms with Crippen molar-refractivity contribution in [1.29, 1.82) is 0 Å². The zero-order valence-electron chi connectivity index (χ0n) is 11.6. The lowest BCUT2D eigenvalue weighted by molar-refractivity contribution is -0.125. The second-order valence-corrected chi connectivity index (χ2v) is 5.31. The van der Waals surface area contributed by atoms with Gasteiger partial charge in [-0.05, 0) is 6.07 Å². The van der Waals surface area contributed by atoms with E-state index in [1.165, 1.54) is 19.2 Å². The lowest BCUT2D eigenvalue weighted by Gasteiger charge is -2.45. The van der Waals surface area contributed by atoms with Crippen molar-refractivity contribution < 1.29 is 18.7 Å². The van der Waals surface area contributed by atoms with E-state index in [1.54, 1.807) is 4.90 Å². The highest BCUT2D eigenvalue weighted by Gasteiger charge is 2.41. The van der Waals surface area contributed by atoms with Gasteiger partial charge >= 0.3 is 0 Å². The van der Waals surface area contributed by atoms with Gasteiger partial charge in [0, 0.05) is 32.0 Å². The van der Waals surface area contributed by atoms with Crippen LogP contribution in [0.4, 0.5) is 4.39 Å². The van der Waals surface area contributed by atoms with Crippen LogP contribution in [0.15, 0.2) is 12.1 Å². The number of pyridine rings is 1. The van der Waals surface area contributed by atoms with Crippen LogP contribution in [0.25, 0.3) is 0 Å². The molecule has 3 rings (SSSR count). The summed E-state index contributed by atoms with van der Waals surface area (Å²) in [5.41, 5.74) is -0.249. The number of piperidine rings is 1. The molecule has 7 heteroatoms. The van der Waals surface area contributed by atoms with E-state index in [1.807, 2.05) is 0 Å². The molecule has 2 bridgehead atoms. The Morgan fingerprint density at radius 1 is 1.38 bits per heavy atom. The first-order chi connectivity index (χ1) is 10.1. The number of amides is 1. The second-order valence-electron chi connectivity index (χ2n) is 5.31. The number of fused-ring (bicyclic) bond motifs is 2. The molecule has 112 valence electrons. The zero-order chi connectivity index (χ0) is 15.0. The molecule has 0 spiro atoms. The number of hydrogen-bond donors (Lipinski definition) is 1. The molecule has 0 aliphatic carbocycles. The zero-order valence-corrected chi connectivity index (χ0v) is 11.6. The third kappa shape index (κ3) is 2.49. The van der Waals surface area contributed by atoms with Crippen molar-refractivity contribution in [2.75, 3.05) is 20.2 Å². The quantitative estimate of drug-likeness (QED) is 0.853. The minimum Gasteiger partial charge on any atom is -0.481 e. The lowest BCUT2D eigenvalue weighted by atomic mass is 9.91. The number of ether oxygens (including phenoxy) is 1. The Labute approximate surface area is 121 Å². The number of piperazine rings is 1. The average Bonchev–Trinajstić information content (AvgIpc) is 2.46. The van der Waals surface area contributed by atoms with Gasteiger partial charge in [0.2, 0.25) is 5.88 Å². The topological polar surface area (TPSA) is 71.5 Å². The molecule has 2 unspecified atom stereocenters. The fourth-order valence-electron chi connectivity index (χ4n) is 3.00. The second kappa shape index (κ2) is 5.40. The van der Waals surface area contributed by atoms with E-state index in [-0.39, 0.29) is 29.4 Å². The molecule has 2 aliphatic heterocycles. The summed E-state index contributed by atoms with van der Waals surface area (Å²) in [5, 5.41) is 3.20. The number of rotatable bonds is 2. The molecule has 2 fully saturated rings. The summed E-state index contributed by atoms with van der Waals surface area (Å²) in [6, 6.07) is 2.07. The van der Waals surface area contributed by atoms with Crippen molar-refractivity contribution in [1.82, 2.24) is 15.2 Å². The predicted octanol–water partition coefficient (Wildman–Crippen LogP) is 0.375. The Balaban J connectivity index is 1.93. The predicted molar refractivity (Wildman–Crippen MR) is 71.6 cm³/mol. The van der Waals surface area contributed by atoms with Gasteiger partial charge in [-0.2, -0.15) is 0 Å². The number of carbonyl (C=O) groups is 2. The van der Waals surface area contributed by atoms with E-state index >= 15 is 0 Å². The van der Waals surface area contributed by atoms with Crippen molar-refractivity contribution in [3.8, 4) is 5.88 Å². The average molecular weight is 293 g/mol. The fourth-order valence-corrected chi connectivity index (χ4v) is 3.00. The molecule has 1 amide bonds. The van der Waals surface area contributed by atoms with Crippen LogP contribution >= 0.6 is 0 Å². The number of aromatic nitrogens is 1. The number of nitrogens with one attached hydrogen (secondary N) is 1. The minimum atomic E-state index is -0.677. The van der Waals surface area contributed by atoms with Crippen LogP contribution in [0.3, 0.4) is 0 Å². The summed E-state index contributed by atoms with van der Waals surface area (Å²) < 4.78 is 18.9. The summed E-state index contributed by atoms with van der Waals surface area (Å²) >= 11 is 0. The van der Waals surface area contributed by atoms with Crippen LogP contribution in [-0.2, 0) is 4.79 Å². The molecule has 3 heterocycles. The minimum absolute atomic E-state index is 0.148. The van der Waals surface area contributed by atoms with Gasteiger partial charge in [0.15, 0.2) is 11.5 Å². The van der Waals surface area contributed by atoms with Crippen molar-refractivity contribution in [3.05, 3.63) is 23.6 Å². The fraction of sp³-hybridized carbons (Fsp3) is 0.500. The molecule has 21 heavy (non-hydrogen) atoms. The number of Topliss-reactive ketones (excluding diaryl/α,β-unsaturated/α-hetero) is 1. The highest BCUT2D eigenvalue weighted by atomic mass is 19.1. The number of halogens is 1. The summed E-state index contributed by atoms with van der Waals surface area (Å²) in [4.78, 5) is 29.8. The van der Waals surface area contributed by atoms with Crippen LogP contribution in [-0.4, -0.2) is 53.9 Å². The van der Waals surface area contributed by atoms with Crippen LogP contribution in [0, 0.1) is 5.82 Å². The van der Waals surface area contributed by atoms with Crippen molar-refractivity contribution in [2.45, 2.75) is 24.9 Å². The van der Waals surface area contributed by atoms with E-state index in [4.69, 9.17) is 4.74 Å². The maximum absolute atomic E-state index is 13.9. The van der Waals surface area contributed by atoms with Crippen molar-refractivity contribution in [3.63, 3.8) is 0 Å². The third-order valence-electron chi connectivity index (χ3n) is 3.94. The molecular formula is C14H16FN3O3. The van der Waals surface area contributed by atoms with Gasteiger partial charge in [0.05, 0.1) is 19.2 Å². The number of nitrogens with zero attached hydrogens (tertiary/aromatic N) is 2. The first-order valence-corrected chi connectivity index (χ1v) is 6.85. The molecule has 1 aromatic heterocycles. The molecule has 1 aromatic rings. The molecule has 0 saturated carbocycles. The number of ketones is 1. The van der Waals surface area contributed by atoms with Gasteiger partial charge in [-0.3, -0.25) is 9.59 Å². The molecule has 6 nitrogen and oxygen atoms in total. The first-order valence-electron chi connectivity index (χ1n) is 6.85. The van der Waals surface area contributed by atoms with E-state index < -0.39 is 11.7 Å². The van der Waals surface area contributed by atoms with Crippen LogP contribution in [0.5, 0.6) is 5.88 Å². The van der Waals surface area contributed by atoms with Gasteiger partial charge in [-0.1, -0.05) is 0 Å². The van der Waals surface area contributed by atoms with Crippen LogP contribution < -0.4 is 10.1 Å². The summed E-state index contributed by atoms with van der Waals surface area (Å²) in [6.45, 7) is 1.08. The molecule has 1 N–H and O–H groups in total. The lowest BCUT2D eigenvalue weighted by Crippen LogP contribution is -2.63. The van der Waals surface area contributed by atoms with Gasteiger partial charge < -0.3 is 15.0 Å². The maximum Gasteiger partial charge on any atom is 0.276 e. The molecule has 0 aromatic carbocycles. The molecule has 2 saturated heterocycles. The summed E-state index contributed by atoms with van der Waals surface area (Å²) in [6.07, 6.45) is 0.613. The van der Waals surface area contributed by atoms with Crippen molar-refractivity contribution in [2.24, 2.45) is 0 Å². The van der Waals surface area contributed by atoms with Crippen molar-refractivity contribution >= 4 is 11.7 Å². The Hall–Kier alpha value is -2.02. The largest absolute Gasteiger partial charge is 0.481 e. The van der Waals surface area contributed by atoms with E-state index in [2.05, 4.69) is 10.3 Å².